The van der Waals surface area contributed by atoms with Crippen LogP contribution in [0.1, 0.15) is 36.1 Å². The number of rotatable bonds is 6. The van der Waals surface area contributed by atoms with Crippen molar-refractivity contribution in [1.82, 2.24) is 29.4 Å². The normalized spacial score (nSPS) is 17.3. The number of piperidine rings is 1. The van der Waals surface area contributed by atoms with E-state index in [-0.39, 0.29) is 5.16 Å². The van der Waals surface area contributed by atoms with Crippen LogP contribution in [0.15, 0.2) is 35.6 Å². The highest BCUT2D eigenvalue weighted by atomic mass is 32.2. The second-order valence-electron chi connectivity index (χ2n) is 9.37. The molecule has 1 fully saturated rings. The van der Waals surface area contributed by atoms with Gasteiger partial charge in [-0.1, -0.05) is 12.1 Å². The van der Waals surface area contributed by atoms with E-state index in [2.05, 4.69) is 48.6 Å². The Morgan fingerprint density at radius 2 is 1.91 bits per heavy atom. The average molecular weight is 482 g/mol. The Balaban J connectivity index is 1.43. The molecule has 0 radical (unpaired) electrons. The third kappa shape index (κ3) is 4.33. The SMILES string of the molecule is Cc1cc(-c2ccc3c(c2Nc2nnc(S(=O)(=O)N4CCC(N(C)C)CC4)[nH]2)CCC3)ccn1. The van der Waals surface area contributed by atoms with Crippen molar-refractivity contribution in [1.29, 1.82) is 0 Å². The molecule has 9 nitrogen and oxygen atoms in total. The summed E-state index contributed by atoms with van der Waals surface area (Å²) in [5.41, 5.74) is 6.55. The maximum atomic E-state index is 13.2. The molecular weight excluding hydrogens is 450 g/mol. The molecule has 0 spiro atoms. The molecule has 1 aliphatic carbocycles. The fourth-order valence-corrected chi connectivity index (χ4v) is 6.33. The van der Waals surface area contributed by atoms with Crippen LogP contribution in [0.2, 0.25) is 0 Å². The van der Waals surface area contributed by atoms with Crippen molar-refractivity contribution < 1.29 is 8.42 Å². The molecule has 3 heterocycles. The van der Waals surface area contributed by atoms with Crippen LogP contribution in [0, 0.1) is 6.92 Å². The van der Waals surface area contributed by atoms with Crippen LogP contribution in [-0.2, 0) is 22.9 Å². The van der Waals surface area contributed by atoms with Gasteiger partial charge in [0.25, 0.3) is 15.2 Å². The van der Waals surface area contributed by atoms with Crippen molar-refractivity contribution in [3.05, 3.63) is 47.3 Å². The van der Waals surface area contributed by atoms with E-state index in [0.29, 0.717) is 25.1 Å². The number of hydrogen-bond acceptors (Lipinski definition) is 7. The molecule has 34 heavy (non-hydrogen) atoms. The van der Waals surface area contributed by atoms with Crippen molar-refractivity contribution in [2.75, 3.05) is 32.5 Å². The molecule has 0 unspecified atom stereocenters. The van der Waals surface area contributed by atoms with Crippen LogP contribution in [0.25, 0.3) is 11.1 Å². The number of hydrogen-bond donors (Lipinski definition) is 2. The molecule has 1 aliphatic heterocycles. The summed E-state index contributed by atoms with van der Waals surface area (Å²) in [5.74, 6) is 0.328. The van der Waals surface area contributed by atoms with Gasteiger partial charge in [-0.2, -0.15) is 4.31 Å². The highest BCUT2D eigenvalue weighted by Crippen LogP contribution is 2.38. The summed E-state index contributed by atoms with van der Waals surface area (Å²) < 4.78 is 27.9. The summed E-state index contributed by atoms with van der Waals surface area (Å²) in [7, 11) is 0.341. The van der Waals surface area contributed by atoms with Crippen molar-refractivity contribution >= 4 is 21.7 Å². The number of nitrogens with one attached hydrogen (secondary N) is 2. The molecule has 0 atom stereocenters. The molecule has 0 bridgehead atoms. The van der Waals surface area contributed by atoms with Crippen LogP contribution < -0.4 is 5.32 Å². The van der Waals surface area contributed by atoms with E-state index in [4.69, 9.17) is 0 Å². The number of benzene rings is 1. The first-order valence-corrected chi connectivity index (χ1v) is 13.2. The Morgan fingerprint density at radius 1 is 1.12 bits per heavy atom. The molecule has 2 aromatic heterocycles. The first-order chi connectivity index (χ1) is 16.3. The predicted molar refractivity (Wildman–Crippen MR) is 132 cm³/mol. The lowest BCUT2D eigenvalue weighted by Gasteiger charge is -2.33. The highest BCUT2D eigenvalue weighted by Gasteiger charge is 2.32. The number of anilines is 2. The lowest BCUT2D eigenvalue weighted by Crippen LogP contribution is -2.44. The first-order valence-electron chi connectivity index (χ1n) is 11.8. The van der Waals surface area contributed by atoms with Crippen molar-refractivity contribution in [3.8, 4) is 11.1 Å². The summed E-state index contributed by atoms with van der Waals surface area (Å²) in [4.78, 5) is 9.40. The molecule has 2 N–H and O–H groups in total. The van der Waals surface area contributed by atoms with E-state index in [1.54, 1.807) is 6.20 Å². The average Bonchev–Trinajstić information content (AvgIpc) is 3.49. The third-order valence-corrected chi connectivity index (χ3v) is 8.66. The highest BCUT2D eigenvalue weighted by molar-refractivity contribution is 7.88. The maximum Gasteiger partial charge on any atom is 0.278 e. The molecule has 10 heteroatoms. The standard InChI is InChI=1S/C24H31N7O2S/c1-16-15-18(9-12-25-16)21-8-7-17-5-4-6-20(17)22(21)26-23-27-24(29-28-23)34(32,33)31-13-10-19(11-14-31)30(2)3/h7-9,12,15,19H,4-6,10-11,13-14H2,1-3H3,(H2,26,27,28,29). The van der Waals surface area contributed by atoms with Crippen LogP contribution in [0.5, 0.6) is 0 Å². The topological polar surface area (TPSA) is 107 Å². The lowest BCUT2D eigenvalue weighted by molar-refractivity contribution is 0.196. The zero-order valence-electron chi connectivity index (χ0n) is 19.9. The van der Waals surface area contributed by atoms with Crippen LogP contribution in [0.3, 0.4) is 0 Å². The minimum Gasteiger partial charge on any atom is -0.324 e. The fraction of sp³-hybridized carbons (Fsp3) is 0.458. The van der Waals surface area contributed by atoms with E-state index < -0.39 is 10.0 Å². The molecule has 180 valence electrons. The molecular formula is C24H31N7O2S. The van der Waals surface area contributed by atoms with Crippen LogP contribution in [-0.4, -0.2) is 71.0 Å². The quantitative estimate of drug-likeness (QED) is 0.557. The zero-order chi connectivity index (χ0) is 23.9. The monoisotopic (exact) mass is 481 g/mol. The molecule has 1 aromatic carbocycles. The van der Waals surface area contributed by atoms with Gasteiger partial charge in [-0.25, -0.2) is 8.42 Å². The van der Waals surface area contributed by atoms with E-state index in [9.17, 15) is 8.42 Å². The largest absolute Gasteiger partial charge is 0.324 e. The minimum atomic E-state index is -3.72. The Hall–Kier alpha value is -2.82. The second-order valence-corrected chi connectivity index (χ2v) is 11.2. The molecule has 3 aromatic rings. The minimum absolute atomic E-state index is 0.118. The molecule has 2 aliphatic rings. The number of aromatic nitrogens is 4. The maximum absolute atomic E-state index is 13.2. The number of aryl methyl sites for hydroxylation is 2. The Labute approximate surface area is 200 Å². The third-order valence-electron chi connectivity index (χ3n) is 6.94. The van der Waals surface area contributed by atoms with Gasteiger partial charge in [-0.05, 0) is 81.9 Å². The zero-order valence-corrected chi connectivity index (χ0v) is 20.7. The smallest absolute Gasteiger partial charge is 0.278 e. The lowest BCUT2D eigenvalue weighted by atomic mass is 9.97. The molecule has 0 amide bonds. The van der Waals surface area contributed by atoms with Gasteiger partial charge in [-0.15, -0.1) is 10.2 Å². The number of pyridine rings is 1. The van der Waals surface area contributed by atoms with Gasteiger partial charge in [0.2, 0.25) is 5.95 Å². The number of nitrogens with zero attached hydrogens (tertiary/aromatic N) is 5. The summed E-state index contributed by atoms with van der Waals surface area (Å²) in [6, 6.07) is 8.74. The van der Waals surface area contributed by atoms with Gasteiger partial charge in [0.1, 0.15) is 0 Å². The van der Waals surface area contributed by atoms with Gasteiger partial charge in [-0.3, -0.25) is 9.97 Å². The van der Waals surface area contributed by atoms with E-state index in [1.807, 2.05) is 27.1 Å². The Bertz CT molecular complexity index is 1290. The Morgan fingerprint density at radius 3 is 2.65 bits per heavy atom. The molecule has 5 rings (SSSR count). The molecule has 0 saturated carbocycles. The van der Waals surface area contributed by atoms with Gasteiger partial charge in [0.15, 0.2) is 0 Å². The van der Waals surface area contributed by atoms with Crippen molar-refractivity contribution in [3.63, 3.8) is 0 Å². The first kappa shape index (κ1) is 22.9. The number of H-pyrrole nitrogens is 1. The number of sulfonamides is 1. The summed E-state index contributed by atoms with van der Waals surface area (Å²) in [6.07, 6.45) is 6.52. The van der Waals surface area contributed by atoms with Crippen molar-refractivity contribution in [2.45, 2.75) is 50.2 Å². The van der Waals surface area contributed by atoms with Gasteiger partial charge >= 0.3 is 0 Å². The Kier molecular flexibility index (Phi) is 6.13. The number of fused-ring (bicyclic) bond motifs is 1. The fourth-order valence-electron chi connectivity index (χ4n) is 5.02. The summed E-state index contributed by atoms with van der Waals surface area (Å²) >= 11 is 0. The summed E-state index contributed by atoms with van der Waals surface area (Å²) in [5, 5.41) is 11.4. The van der Waals surface area contributed by atoms with E-state index in [1.165, 1.54) is 15.4 Å². The predicted octanol–water partition coefficient (Wildman–Crippen LogP) is 3.12. The van der Waals surface area contributed by atoms with Crippen LogP contribution >= 0.6 is 0 Å². The van der Waals surface area contributed by atoms with Gasteiger partial charge < -0.3 is 10.2 Å². The van der Waals surface area contributed by atoms with Crippen LogP contribution in [0.4, 0.5) is 11.6 Å². The van der Waals surface area contributed by atoms with Crippen molar-refractivity contribution in [2.24, 2.45) is 0 Å². The van der Waals surface area contributed by atoms with E-state index >= 15 is 0 Å². The van der Waals surface area contributed by atoms with Gasteiger partial charge in [0.05, 0.1) is 5.69 Å². The second kappa shape index (κ2) is 9.09. The summed E-state index contributed by atoms with van der Waals surface area (Å²) in [6.45, 7) is 2.93. The van der Waals surface area contributed by atoms with Gasteiger partial charge in [0, 0.05) is 36.6 Å². The number of aromatic amines is 1. The molecule has 1 saturated heterocycles. The van der Waals surface area contributed by atoms with E-state index in [0.717, 1.165) is 54.6 Å².